The van der Waals surface area contributed by atoms with Gasteiger partial charge >= 0.3 is 0 Å². The number of likely N-dealkylation sites (tertiary alicyclic amines) is 1. The van der Waals surface area contributed by atoms with Crippen molar-refractivity contribution in [1.82, 2.24) is 10.2 Å². The third-order valence-electron chi connectivity index (χ3n) is 4.45. The van der Waals surface area contributed by atoms with E-state index in [9.17, 15) is 4.79 Å². The number of hydrogen-bond donors (Lipinski definition) is 1. The van der Waals surface area contributed by atoms with Gasteiger partial charge < -0.3 is 19.4 Å². The largest absolute Gasteiger partial charge is 0.451 e. The summed E-state index contributed by atoms with van der Waals surface area (Å²) in [4.78, 5) is 14.8. The SMILES string of the molecule is CCO[C@@H]1CN(C)C[C@H]1NC(=O)c1oc2cc(C)ccc2c1C. The Kier molecular flexibility index (Phi) is 4.41. The summed E-state index contributed by atoms with van der Waals surface area (Å²) in [6.07, 6.45) is 0.0286. The molecule has 1 N–H and O–H groups in total. The first-order valence-corrected chi connectivity index (χ1v) is 8.10. The minimum absolute atomic E-state index is 0.0122. The summed E-state index contributed by atoms with van der Waals surface area (Å²) in [5.41, 5.74) is 2.77. The maximum atomic E-state index is 12.7. The Bertz CT molecular complexity index is 722. The molecule has 2 aromatic rings. The van der Waals surface area contributed by atoms with Gasteiger partial charge in [-0.25, -0.2) is 0 Å². The first-order chi connectivity index (χ1) is 11.0. The van der Waals surface area contributed by atoms with Gasteiger partial charge in [0, 0.05) is 30.6 Å². The molecule has 124 valence electrons. The van der Waals surface area contributed by atoms with Crippen LogP contribution in [0.4, 0.5) is 0 Å². The van der Waals surface area contributed by atoms with E-state index in [2.05, 4.69) is 10.2 Å². The van der Waals surface area contributed by atoms with E-state index in [1.54, 1.807) is 0 Å². The molecule has 2 heterocycles. The fourth-order valence-electron chi connectivity index (χ4n) is 3.27. The molecule has 5 heteroatoms. The normalized spacial score (nSPS) is 21.9. The third-order valence-corrected chi connectivity index (χ3v) is 4.45. The quantitative estimate of drug-likeness (QED) is 0.941. The first-order valence-electron chi connectivity index (χ1n) is 8.10. The lowest BCUT2D eigenvalue weighted by Crippen LogP contribution is -2.44. The van der Waals surface area contributed by atoms with Gasteiger partial charge in [-0.15, -0.1) is 0 Å². The van der Waals surface area contributed by atoms with Gasteiger partial charge in [-0.05, 0) is 39.4 Å². The number of ether oxygens (including phenoxy) is 1. The lowest BCUT2D eigenvalue weighted by Gasteiger charge is -2.19. The van der Waals surface area contributed by atoms with Crippen LogP contribution in [0.3, 0.4) is 0 Å². The smallest absolute Gasteiger partial charge is 0.287 e. The molecular weight excluding hydrogens is 292 g/mol. The molecule has 1 amide bonds. The van der Waals surface area contributed by atoms with Crippen LogP contribution in [-0.4, -0.2) is 49.7 Å². The Morgan fingerprint density at radius 1 is 1.39 bits per heavy atom. The molecule has 0 saturated carbocycles. The van der Waals surface area contributed by atoms with Crippen molar-refractivity contribution in [3.05, 3.63) is 35.1 Å². The predicted molar refractivity (Wildman–Crippen MR) is 89.9 cm³/mol. The molecule has 0 unspecified atom stereocenters. The molecule has 3 rings (SSSR count). The summed E-state index contributed by atoms with van der Waals surface area (Å²) >= 11 is 0. The van der Waals surface area contributed by atoms with Crippen LogP contribution < -0.4 is 5.32 Å². The molecule has 5 nitrogen and oxygen atoms in total. The molecule has 1 aliphatic rings. The number of hydrogen-bond acceptors (Lipinski definition) is 4. The van der Waals surface area contributed by atoms with E-state index in [1.165, 1.54) is 0 Å². The van der Waals surface area contributed by atoms with Crippen molar-refractivity contribution in [2.45, 2.75) is 32.9 Å². The van der Waals surface area contributed by atoms with Crippen LogP contribution in [-0.2, 0) is 4.74 Å². The molecule has 1 saturated heterocycles. The van der Waals surface area contributed by atoms with Crippen molar-refractivity contribution in [2.24, 2.45) is 0 Å². The van der Waals surface area contributed by atoms with E-state index in [0.29, 0.717) is 12.4 Å². The van der Waals surface area contributed by atoms with Gasteiger partial charge in [0.1, 0.15) is 5.58 Å². The van der Waals surface area contributed by atoms with Crippen LogP contribution in [0.15, 0.2) is 22.6 Å². The molecule has 1 fully saturated rings. The summed E-state index contributed by atoms with van der Waals surface area (Å²) in [6, 6.07) is 5.99. The van der Waals surface area contributed by atoms with Gasteiger partial charge in [0.2, 0.25) is 0 Å². The third kappa shape index (κ3) is 3.12. The van der Waals surface area contributed by atoms with Crippen molar-refractivity contribution < 1.29 is 13.9 Å². The van der Waals surface area contributed by atoms with Gasteiger partial charge in [0.05, 0.1) is 12.1 Å². The van der Waals surface area contributed by atoms with Crippen molar-refractivity contribution in [1.29, 1.82) is 0 Å². The number of rotatable bonds is 4. The van der Waals surface area contributed by atoms with Crippen LogP contribution in [0.5, 0.6) is 0 Å². The Morgan fingerprint density at radius 2 is 2.17 bits per heavy atom. The number of nitrogens with zero attached hydrogens (tertiary/aromatic N) is 1. The van der Waals surface area contributed by atoms with Crippen LogP contribution in [0, 0.1) is 13.8 Å². The van der Waals surface area contributed by atoms with E-state index in [0.717, 1.165) is 35.2 Å². The predicted octanol–water partition coefficient (Wildman–Crippen LogP) is 2.50. The second-order valence-corrected chi connectivity index (χ2v) is 6.35. The highest BCUT2D eigenvalue weighted by molar-refractivity contribution is 5.99. The first kappa shape index (κ1) is 16.0. The Hall–Kier alpha value is -1.85. The van der Waals surface area contributed by atoms with Crippen LogP contribution >= 0.6 is 0 Å². The number of carbonyl (C=O) groups excluding carboxylic acids is 1. The Morgan fingerprint density at radius 3 is 2.91 bits per heavy atom. The zero-order chi connectivity index (χ0) is 16.6. The van der Waals surface area contributed by atoms with Crippen molar-refractivity contribution in [3.8, 4) is 0 Å². The molecule has 1 aromatic carbocycles. The average molecular weight is 316 g/mol. The number of furan rings is 1. The fraction of sp³-hybridized carbons (Fsp3) is 0.500. The number of fused-ring (bicyclic) bond motifs is 1. The molecule has 0 bridgehead atoms. The summed E-state index contributed by atoms with van der Waals surface area (Å²) in [5, 5.41) is 4.07. The lowest BCUT2D eigenvalue weighted by molar-refractivity contribution is 0.0507. The van der Waals surface area contributed by atoms with Crippen LogP contribution in [0.25, 0.3) is 11.0 Å². The topological polar surface area (TPSA) is 54.7 Å². The number of likely N-dealkylation sites (N-methyl/N-ethyl adjacent to an activating group) is 1. The van der Waals surface area contributed by atoms with Crippen LogP contribution in [0.1, 0.15) is 28.6 Å². The van der Waals surface area contributed by atoms with Crippen molar-refractivity contribution in [3.63, 3.8) is 0 Å². The van der Waals surface area contributed by atoms with Gasteiger partial charge in [0.25, 0.3) is 5.91 Å². The molecule has 0 aliphatic carbocycles. The van der Waals surface area contributed by atoms with Gasteiger partial charge in [-0.1, -0.05) is 12.1 Å². The molecule has 0 radical (unpaired) electrons. The maximum Gasteiger partial charge on any atom is 0.287 e. The summed E-state index contributed by atoms with van der Waals surface area (Å²) in [7, 11) is 2.04. The second-order valence-electron chi connectivity index (χ2n) is 6.35. The van der Waals surface area contributed by atoms with E-state index in [1.807, 2.05) is 46.0 Å². The van der Waals surface area contributed by atoms with Crippen molar-refractivity contribution in [2.75, 3.05) is 26.7 Å². The number of carbonyl (C=O) groups is 1. The zero-order valence-electron chi connectivity index (χ0n) is 14.2. The minimum Gasteiger partial charge on any atom is -0.451 e. The van der Waals surface area contributed by atoms with Gasteiger partial charge in [-0.3, -0.25) is 4.79 Å². The number of amides is 1. The number of benzene rings is 1. The van der Waals surface area contributed by atoms with Gasteiger partial charge in [0.15, 0.2) is 5.76 Å². The minimum atomic E-state index is -0.165. The molecule has 1 aliphatic heterocycles. The standard InChI is InChI=1S/C18H24N2O3/c1-5-22-16-10-20(4)9-14(16)19-18(21)17-12(3)13-7-6-11(2)8-15(13)23-17/h6-8,14,16H,5,9-10H2,1-4H3,(H,19,21)/t14-,16-/m1/s1. The summed E-state index contributed by atoms with van der Waals surface area (Å²) in [6.45, 7) is 8.18. The summed E-state index contributed by atoms with van der Waals surface area (Å²) < 4.78 is 11.5. The lowest BCUT2D eigenvalue weighted by atomic mass is 10.1. The molecule has 2 atom stereocenters. The summed E-state index contributed by atoms with van der Waals surface area (Å²) in [5.74, 6) is 0.233. The van der Waals surface area contributed by atoms with E-state index in [-0.39, 0.29) is 18.1 Å². The fourth-order valence-corrected chi connectivity index (χ4v) is 3.27. The Labute approximate surface area is 136 Å². The van der Waals surface area contributed by atoms with Gasteiger partial charge in [-0.2, -0.15) is 0 Å². The average Bonchev–Trinajstić information content (AvgIpc) is 3.00. The van der Waals surface area contributed by atoms with Crippen molar-refractivity contribution >= 4 is 16.9 Å². The Balaban J connectivity index is 1.82. The highest BCUT2D eigenvalue weighted by atomic mass is 16.5. The highest BCUT2D eigenvalue weighted by Gasteiger charge is 2.33. The second kappa shape index (κ2) is 6.34. The molecule has 1 aromatic heterocycles. The monoisotopic (exact) mass is 316 g/mol. The maximum absolute atomic E-state index is 12.7. The molecule has 0 spiro atoms. The zero-order valence-corrected chi connectivity index (χ0v) is 14.2. The highest BCUT2D eigenvalue weighted by Crippen LogP contribution is 2.26. The van der Waals surface area contributed by atoms with E-state index < -0.39 is 0 Å². The number of nitrogens with one attached hydrogen (secondary N) is 1. The van der Waals surface area contributed by atoms with Crippen LogP contribution in [0.2, 0.25) is 0 Å². The van der Waals surface area contributed by atoms with E-state index >= 15 is 0 Å². The molecule has 23 heavy (non-hydrogen) atoms. The van der Waals surface area contributed by atoms with E-state index in [4.69, 9.17) is 9.15 Å². The number of aryl methyl sites for hydroxylation is 2. The molecular formula is C18H24N2O3.